The maximum atomic E-state index is 4.96. The van der Waals surface area contributed by atoms with E-state index in [2.05, 4.69) is 104 Å². The van der Waals surface area contributed by atoms with Crippen molar-refractivity contribution < 1.29 is 0 Å². The van der Waals surface area contributed by atoms with Crippen LogP contribution < -0.4 is 5.19 Å². The van der Waals surface area contributed by atoms with Gasteiger partial charge >= 0.3 is 0 Å². The fraction of sp³-hybridized carbons (Fsp3) is 0.433. The average Bonchev–Trinajstić information content (AvgIpc) is 3.07. The van der Waals surface area contributed by atoms with Crippen LogP contribution in [0, 0.1) is 12.3 Å². The van der Waals surface area contributed by atoms with Crippen molar-refractivity contribution in [3.63, 3.8) is 0 Å². The van der Waals surface area contributed by atoms with Crippen molar-refractivity contribution in [2.75, 3.05) is 0 Å². The van der Waals surface area contributed by atoms with Gasteiger partial charge in [-0.3, -0.25) is 4.98 Å². The summed E-state index contributed by atoms with van der Waals surface area (Å²) in [7, 11) is -1.58. The second-order valence-corrected chi connectivity index (χ2v) is 18.9. The van der Waals surface area contributed by atoms with Gasteiger partial charge in [-0.05, 0) is 64.3 Å². The fourth-order valence-electron chi connectivity index (χ4n) is 4.80. The first-order chi connectivity index (χ1) is 15.1. The lowest BCUT2D eigenvalue weighted by atomic mass is 9.84. The van der Waals surface area contributed by atoms with E-state index in [-0.39, 0.29) is 10.8 Å². The summed E-state index contributed by atoms with van der Waals surface area (Å²) in [6, 6.07) is 11.7. The molecule has 0 fully saturated rings. The number of hydrogen-bond donors (Lipinski definition) is 0. The predicted octanol–water partition coefficient (Wildman–Crippen LogP) is 8.86. The third-order valence-electron chi connectivity index (χ3n) is 6.41. The van der Waals surface area contributed by atoms with Crippen LogP contribution in [0.3, 0.4) is 0 Å². The molecule has 0 radical (unpaired) electrons. The zero-order valence-electron chi connectivity index (χ0n) is 22.1. The van der Waals surface area contributed by atoms with E-state index in [1.807, 2.05) is 17.5 Å². The summed E-state index contributed by atoms with van der Waals surface area (Å²) >= 11 is 1.92. The molecular formula is C30H39NSSi. The average molecular weight is 474 g/mol. The third kappa shape index (κ3) is 4.81. The molecule has 0 saturated carbocycles. The molecule has 0 unspecified atom stereocenters. The molecule has 2 heterocycles. The Morgan fingerprint density at radius 1 is 0.909 bits per heavy atom. The van der Waals surface area contributed by atoms with E-state index in [1.165, 1.54) is 43.1 Å². The first-order valence-corrected chi connectivity index (χ1v) is 16.5. The molecule has 0 N–H and O–H groups in total. The molecule has 0 aliphatic carbocycles. The van der Waals surface area contributed by atoms with E-state index in [0.717, 1.165) is 12.1 Å². The summed E-state index contributed by atoms with van der Waals surface area (Å²) in [5.74, 6) is 0. The standard InChI is InChI=1S/C30H39NSSi/c1-19-13-20(15-22(14-19)30(5,6)7)27-24-16-25(33(8,9)10)26-21(17-29(2,3)4)18-32-28(26)23(24)11-12-31-27/h11-16,18H,17H2,1-10H3. The van der Waals surface area contributed by atoms with Gasteiger partial charge in [-0.1, -0.05) is 84.1 Å². The molecule has 0 bridgehead atoms. The Bertz CT molecular complexity index is 1340. The van der Waals surface area contributed by atoms with Gasteiger partial charge in [0.1, 0.15) is 0 Å². The Morgan fingerprint density at radius 3 is 2.21 bits per heavy atom. The summed E-state index contributed by atoms with van der Waals surface area (Å²) < 4.78 is 1.44. The largest absolute Gasteiger partial charge is 0.256 e. The number of hydrogen-bond acceptors (Lipinski definition) is 2. The molecule has 4 rings (SSSR count). The van der Waals surface area contributed by atoms with E-state index in [9.17, 15) is 0 Å². The van der Waals surface area contributed by atoms with Crippen LogP contribution in [0.4, 0.5) is 0 Å². The molecule has 33 heavy (non-hydrogen) atoms. The van der Waals surface area contributed by atoms with Crippen molar-refractivity contribution in [2.45, 2.75) is 79.9 Å². The van der Waals surface area contributed by atoms with Gasteiger partial charge < -0.3 is 0 Å². The second kappa shape index (κ2) is 8.06. The molecule has 0 amide bonds. The number of aryl methyl sites for hydroxylation is 1. The number of fused-ring (bicyclic) bond motifs is 3. The van der Waals surface area contributed by atoms with Crippen LogP contribution in [0.25, 0.3) is 32.1 Å². The van der Waals surface area contributed by atoms with Gasteiger partial charge in [0.2, 0.25) is 0 Å². The van der Waals surface area contributed by atoms with Gasteiger partial charge in [-0.2, -0.15) is 0 Å². The van der Waals surface area contributed by atoms with Gasteiger partial charge in [-0.15, -0.1) is 11.3 Å². The number of thiophene rings is 1. The minimum absolute atomic E-state index is 0.109. The topological polar surface area (TPSA) is 12.9 Å². The first-order valence-electron chi connectivity index (χ1n) is 12.1. The fourth-order valence-corrected chi connectivity index (χ4v) is 7.63. The molecule has 3 heteroatoms. The highest BCUT2D eigenvalue weighted by Crippen LogP contribution is 2.39. The molecule has 0 atom stereocenters. The lowest BCUT2D eigenvalue weighted by Crippen LogP contribution is -2.38. The Balaban J connectivity index is 2.07. The van der Waals surface area contributed by atoms with Crippen molar-refractivity contribution in [1.82, 2.24) is 4.98 Å². The lowest BCUT2D eigenvalue weighted by molar-refractivity contribution is 0.413. The Hall–Kier alpha value is -1.97. The maximum absolute atomic E-state index is 4.96. The Morgan fingerprint density at radius 2 is 1.61 bits per heavy atom. The highest BCUT2D eigenvalue weighted by Gasteiger charge is 2.26. The van der Waals surface area contributed by atoms with E-state index >= 15 is 0 Å². The normalized spacial score (nSPS) is 13.3. The maximum Gasteiger partial charge on any atom is 0.0784 e. The summed E-state index contributed by atoms with van der Waals surface area (Å²) in [6.07, 6.45) is 3.12. The molecule has 2 aromatic heterocycles. The molecule has 4 aromatic rings. The van der Waals surface area contributed by atoms with E-state index in [1.54, 1.807) is 5.19 Å². The predicted molar refractivity (Wildman–Crippen MR) is 152 cm³/mol. The van der Waals surface area contributed by atoms with Crippen LogP contribution in [-0.4, -0.2) is 13.1 Å². The molecule has 2 aromatic carbocycles. The minimum Gasteiger partial charge on any atom is -0.256 e. The van der Waals surface area contributed by atoms with Crippen molar-refractivity contribution in [3.8, 4) is 11.3 Å². The van der Waals surface area contributed by atoms with Crippen molar-refractivity contribution in [1.29, 1.82) is 0 Å². The van der Waals surface area contributed by atoms with Gasteiger partial charge in [-0.25, -0.2) is 0 Å². The van der Waals surface area contributed by atoms with E-state index in [4.69, 9.17) is 4.98 Å². The lowest BCUT2D eigenvalue weighted by Gasteiger charge is -2.24. The number of aromatic nitrogens is 1. The van der Waals surface area contributed by atoms with Gasteiger partial charge in [0.15, 0.2) is 0 Å². The van der Waals surface area contributed by atoms with E-state index < -0.39 is 8.07 Å². The van der Waals surface area contributed by atoms with E-state index in [0.29, 0.717) is 0 Å². The SMILES string of the molecule is Cc1cc(-c2nccc3c2cc([Si](C)(C)C)c2c(CC(C)(C)C)csc23)cc(C(C)(C)C)c1. The molecule has 0 spiro atoms. The van der Waals surface area contributed by atoms with Crippen LogP contribution in [-0.2, 0) is 11.8 Å². The van der Waals surface area contributed by atoms with Crippen molar-refractivity contribution in [2.24, 2.45) is 5.41 Å². The molecular weight excluding hydrogens is 434 g/mol. The quantitative estimate of drug-likeness (QED) is 0.271. The summed E-state index contributed by atoms with van der Waals surface area (Å²) in [5.41, 5.74) is 6.92. The van der Waals surface area contributed by atoms with Gasteiger partial charge in [0.05, 0.1) is 13.8 Å². The molecule has 1 nitrogen and oxygen atoms in total. The zero-order chi connectivity index (χ0) is 24.3. The Labute approximate surface area is 205 Å². The van der Waals surface area contributed by atoms with Crippen molar-refractivity contribution in [3.05, 3.63) is 58.6 Å². The van der Waals surface area contributed by atoms with Crippen LogP contribution in [0.1, 0.15) is 58.2 Å². The first kappa shape index (κ1) is 24.2. The van der Waals surface area contributed by atoms with Crippen LogP contribution in [0.5, 0.6) is 0 Å². The smallest absolute Gasteiger partial charge is 0.0784 e. The number of benzene rings is 2. The number of pyridine rings is 1. The van der Waals surface area contributed by atoms with Gasteiger partial charge in [0.25, 0.3) is 0 Å². The monoisotopic (exact) mass is 473 g/mol. The highest BCUT2D eigenvalue weighted by molar-refractivity contribution is 7.19. The summed E-state index contributed by atoms with van der Waals surface area (Å²) in [6.45, 7) is 23.5. The molecule has 174 valence electrons. The second-order valence-electron chi connectivity index (χ2n) is 13.0. The Kier molecular flexibility index (Phi) is 5.90. The summed E-state index contributed by atoms with van der Waals surface area (Å²) in [4.78, 5) is 4.96. The molecule has 0 saturated heterocycles. The summed E-state index contributed by atoms with van der Waals surface area (Å²) in [5, 5.41) is 8.17. The molecule has 0 aliphatic rings. The van der Waals surface area contributed by atoms with Crippen LogP contribution >= 0.6 is 11.3 Å². The van der Waals surface area contributed by atoms with Gasteiger partial charge in [0, 0.05) is 27.2 Å². The number of nitrogens with zero attached hydrogens (tertiary/aromatic N) is 1. The third-order valence-corrected chi connectivity index (χ3v) is 9.48. The minimum atomic E-state index is -1.58. The number of rotatable bonds is 3. The van der Waals surface area contributed by atoms with Crippen molar-refractivity contribution >= 4 is 45.5 Å². The van der Waals surface area contributed by atoms with Crippen LogP contribution in [0.2, 0.25) is 19.6 Å². The molecule has 0 aliphatic heterocycles. The highest BCUT2D eigenvalue weighted by atomic mass is 32.1. The van der Waals surface area contributed by atoms with Crippen LogP contribution in [0.15, 0.2) is 41.9 Å². The zero-order valence-corrected chi connectivity index (χ0v) is 23.9.